The third kappa shape index (κ3) is 3.60. The molecule has 2 N–H and O–H groups in total. The molecule has 0 saturated heterocycles. The van der Waals surface area contributed by atoms with Crippen LogP contribution < -0.4 is 10.6 Å². The van der Waals surface area contributed by atoms with Crippen molar-refractivity contribution in [2.24, 2.45) is 11.8 Å². The normalized spacial score (nSPS) is 17.0. The minimum Gasteiger partial charge on any atom is -0.323 e. The summed E-state index contributed by atoms with van der Waals surface area (Å²) in [4.78, 5) is 12.9. The van der Waals surface area contributed by atoms with Crippen molar-refractivity contribution in [3.8, 4) is 6.07 Å². The molecule has 21 heavy (non-hydrogen) atoms. The van der Waals surface area contributed by atoms with E-state index in [0.29, 0.717) is 11.5 Å². The number of carbonyl (C=O) groups is 1. The van der Waals surface area contributed by atoms with E-state index in [9.17, 15) is 10.1 Å². The molecule has 1 heterocycles. The molecule has 1 amide bonds. The number of thiophene rings is 1. The lowest BCUT2D eigenvalue weighted by atomic mass is 9.89. The number of thiocarbonyl (C=S) groups is 1. The standard InChI is InChI=1S/C15H19N3OS2/c1-8(2)13(19)17-15(20)18-14-11(7-16)10-5-4-9(3)6-12(10)21-14/h8-9H,4-6H2,1-3H3,(H2,17,18,19,20). The zero-order valence-electron chi connectivity index (χ0n) is 12.4. The molecule has 0 spiro atoms. The second-order valence-corrected chi connectivity index (χ2v) is 7.28. The molecule has 0 radical (unpaired) electrons. The van der Waals surface area contributed by atoms with E-state index in [1.165, 1.54) is 4.88 Å². The van der Waals surface area contributed by atoms with Crippen molar-refractivity contribution in [1.82, 2.24) is 5.32 Å². The Morgan fingerprint density at radius 1 is 1.52 bits per heavy atom. The summed E-state index contributed by atoms with van der Waals surface area (Å²) in [5, 5.41) is 16.1. The van der Waals surface area contributed by atoms with Gasteiger partial charge in [0.15, 0.2) is 5.11 Å². The van der Waals surface area contributed by atoms with Crippen LogP contribution >= 0.6 is 23.6 Å². The Morgan fingerprint density at radius 2 is 2.24 bits per heavy atom. The molecule has 0 aliphatic heterocycles. The molecule has 4 nitrogen and oxygen atoms in total. The molecule has 1 aromatic rings. The van der Waals surface area contributed by atoms with Crippen LogP contribution in [0.3, 0.4) is 0 Å². The topological polar surface area (TPSA) is 64.9 Å². The molecule has 1 aliphatic carbocycles. The Balaban J connectivity index is 2.16. The lowest BCUT2D eigenvalue weighted by molar-refractivity contribution is -0.122. The Kier molecular flexibility index (Phi) is 4.96. The average Bonchev–Trinajstić information content (AvgIpc) is 2.74. The Hall–Kier alpha value is -1.45. The van der Waals surface area contributed by atoms with Gasteiger partial charge in [-0.2, -0.15) is 5.26 Å². The number of anilines is 1. The highest BCUT2D eigenvalue weighted by Gasteiger charge is 2.24. The molecule has 1 atom stereocenters. The van der Waals surface area contributed by atoms with Crippen LogP contribution in [-0.2, 0) is 17.6 Å². The van der Waals surface area contributed by atoms with Gasteiger partial charge >= 0.3 is 0 Å². The van der Waals surface area contributed by atoms with Gasteiger partial charge in [-0.3, -0.25) is 4.79 Å². The largest absolute Gasteiger partial charge is 0.323 e. The maximum absolute atomic E-state index is 11.6. The van der Waals surface area contributed by atoms with Crippen molar-refractivity contribution < 1.29 is 4.79 Å². The van der Waals surface area contributed by atoms with Crippen LogP contribution in [0.25, 0.3) is 0 Å². The number of hydrogen-bond acceptors (Lipinski definition) is 4. The smallest absolute Gasteiger partial charge is 0.228 e. The van der Waals surface area contributed by atoms with E-state index in [4.69, 9.17) is 12.2 Å². The third-order valence-electron chi connectivity index (χ3n) is 3.61. The summed E-state index contributed by atoms with van der Waals surface area (Å²) in [5.41, 5.74) is 1.84. The van der Waals surface area contributed by atoms with Gasteiger partial charge < -0.3 is 10.6 Å². The van der Waals surface area contributed by atoms with Gasteiger partial charge in [0.2, 0.25) is 5.91 Å². The zero-order valence-corrected chi connectivity index (χ0v) is 14.1. The zero-order chi connectivity index (χ0) is 15.6. The van der Waals surface area contributed by atoms with Crippen molar-refractivity contribution in [1.29, 1.82) is 5.26 Å². The summed E-state index contributed by atoms with van der Waals surface area (Å²) in [6.45, 7) is 5.85. The van der Waals surface area contributed by atoms with Crippen LogP contribution in [0.4, 0.5) is 5.00 Å². The number of nitrogens with zero attached hydrogens (tertiary/aromatic N) is 1. The molecule has 1 unspecified atom stereocenters. The first-order chi connectivity index (χ1) is 9.92. The predicted octanol–water partition coefficient (Wildman–Crippen LogP) is 3.21. The Morgan fingerprint density at radius 3 is 2.86 bits per heavy atom. The Bertz CT molecular complexity index is 613. The number of nitriles is 1. The minimum atomic E-state index is -0.127. The number of rotatable bonds is 2. The molecule has 0 fully saturated rings. The van der Waals surface area contributed by atoms with Crippen molar-refractivity contribution in [2.45, 2.75) is 40.0 Å². The molecular formula is C15H19N3OS2. The van der Waals surface area contributed by atoms with Crippen LogP contribution in [-0.4, -0.2) is 11.0 Å². The molecule has 0 saturated carbocycles. The van der Waals surface area contributed by atoms with Gasteiger partial charge in [0.25, 0.3) is 0 Å². The highest BCUT2D eigenvalue weighted by atomic mass is 32.1. The summed E-state index contributed by atoms with van der Waals surface area (Å²) in [6, 6.07) is 2.28. The number of fused-ring (bicyclic) bond motifs is 1. The van der Waals surface area contributed by atoms with Gasteiger partial charge in [0, 0.05) is 10.8 Å². The van der Waals surface area contributed by atoms with Crippen molar-refractivity contribution in [3.63, 3.8) is 0 Å². The molecule has 2 rings (SSSR count). The van der Waals surface area contributed by atoms with Crippen molar-refractivity contribution in [3.05, 3.63) is 16.0 Å². The predicted molar refractivity (Wildman–Crippen MR) is 89.4 cm³/mol. The van der Waals surface area contributed by atoms with Gasteiger partial charge in [-0.1, -0.05) is 20.8 Å². The summed E-state index contributed by atoms with van der Waals surface area (Å²) in [5.74, 6) is 0.404. The molecule has 6 heteroatoms. The van der Waals surface area contributed by atoms with E-state index in [-0.39, 0.29) is 16.9 Å². The van der Waals surface area contributed by atoms with Crippen LogP contribution in [0, 0.1) is 23.2 Å². The molecule has 1 aromatic heterocycles. The van der Waals surface area contributed by atoms with Crippen LogP contribution in [0.5, 0.6) is 0 Å². The Labute approximate surface area is 134 Å². The second kappa shape index (κ2) is 6.54. The molecule has 1 aliphatic rings. The van der Waals surface area contributed by atoms with E-state index >= 15 is 0 Å². The SMILES string of the molecule is CC1CCc2c(sc(NC(=S)NC(=O)C(C)C)c2C#N)C1. The second-order valence-electron chi connectivity index (χ2n) is 5.77. The molecular weight excluding hydrogens is 302 g/mol. The quantitative estimate of drug-likeness (QED) is 0.821. The summed E-state index contributed by atoms with van der Waals surface area (Å²) in [6.07, 6.45) is 3.08. The lowest BCUT2D eigenvalue weighted by Crippen LogP contribution is -2.36. The summed E-state index contributed by atoms with van der Waals surface area (Å²) >= 11 is 6.74. The minimum absolute atomic E-state index is 0.124. The van der Waals surface area contributed by atoms with E-state index in [1.807, 2.05) is 13.8 Å². The molecule has 112 valence electrons. The first kappa shape index (κ1) is 15.9. The van der Waals surface area contributed by atoms with E-state index in [0.717, 1.165) is 29.8 Å². The monoisotopic (exact) mass is 321 g/mol. The first-order valence-electron chi connectivity index (χ1n) is 7.08. The average molecular weight is 321 g/mol. The number of carbonyl (C=O) groups excluding carboxylic acids is 1. The first-order valence-corrected chi connectivity index (χ1v) is 8.31. The number of nitrogens with one attached hydrogen (secondary N) is 2. The van der Waals surface area contributed by atoms with Gasteiger partial charge in [-0.15, -0.1) is 11.3 Å². The molecule has 0 aromatic carbocycles. The number of hydrogen-bond donors (Lipinski definition) is 2. The summed E-state index contributed by atoms with van der Waals surface area (Å²) in [7, 11) is 0. The maximum Gasteiger partial charge on any atom is 0.228 e. The van der Waals surface area contributed by atoms with Crippen LogP contribution in [0.15, 0.2) is 0 Å². The fourth-order valence-corrected chi connectivity index (χ4v) is 3.98. The van der Waals surface area contributed by atoms with Gasteiger partial charge in [0.05, 0.1) is 5.56 Å². The maximum atomic E-state index is 11.6. The van der Waals surface area contributed by atoms with E-state index in [2.05, 4.69) is 23.6 Å². The highest BCUT2D eigenvalue weighted by Crippen LogP contribution is 2.39. The number of amides is 1. The summed E-state index contributed by atoms with van der Waals surface area (Å²) < 4.78 is 0. The van der Waals surface area contributed by atoms with Crippen LogP contribution in [0.2, 0.25) is 0 Å². The van der Waals surface area contributed by atoms with Gasteiger partial charge in [0.1, 0.15) is 11.1 Å². The van der Waals surface area contributed by atoms with Crippen molar-refractivity contribution in [2.75, 3.05) is 5.32 Å². The van der Waals surface area contributed by atoms with Gasteiger partial charge in [-0.25, -0.2) is 0 Å². The van der Waals surface area contributed by atoms with Crippen LogP contribution in [0.1, 0.15) is 43.2 Å². The third-order valence-corrected chi connectivity index (χ3v) is 4.99. The fraction of sp³-hybridized carbons (Fsp3) is 0.533. The highest BCUT2D eigenvalue weighted by molar-refractivity contribution is 7.80. The molecule has 0 bridgehead atoms. The fourth-order valence-electron chi connectivity index (χ4n) is 2.35. The van der Waals surface area contributed by atoms with Crippen molar-refractivity contribution >= 4 is 39.6 Å². The van der Waals surface area contributed by atoms with E-state index in [1.54, 1.807) is 11.3 Å². The van der Waals surface area contributed by atoms with E-state index < -0.39 is 0 Å². The van der Waals surface area contributed by atoms with Gasteiger partial charge in [-0.05, 0) is 43.0 Å². The lowest BCUT2D eigenvalue weighted by Gasteiger charge is -2.17.